The fourth-order valence-electron chi connectivity index (χ4n) is 3.95. The maximum absolute atomic E-state index is 12.6. The lowest BCUT2D eigenvalue weighted by atomic mass is 10.0. The van der Waals surface area contributed by atoms with E-state index >= 15 is 0 Å². The molecule has 0 bridgehead atoms. The number of amides is 2. The molecule has 2 amide bonds. The number of aryl methyl sites for hydroxylation is 1. The minimum absolute atomic E-state index is 0.0933. The molecule has 9 heteroatoms. The smallest absolute Gasteiger partial charge is 0.272 e. The molecule has 1 fully saturated rings. The van der Waals surface area contributed by atoms with Gasteiger partial charge in [0.05, 0.1) is 22.9 Å². The summed E-state index contributed by atoms with van der Waals surface area (Å²) >= 11 is 6.21. The molecular formula is C24H26ClN5O3. The minimum atomic E-state index is -0.434. The molecule has 0 radical (unpaired) electrons. The third kappa shape index (κ3) is 5.28. The zero-order valence-electron chi connectivity index (χ0n) is 18.3. The molecule has 172 valence electrons. The highest BCUT2D eigenvalue weighted by molar-refractivity contribution is 6.33. The van der Waals surface area contributed by atoms with E-state index in [1.807, 2.05) is 24.3 Å². The van der Waals surface area contributed by atoms with E-state index in [2.05, 4.69) is 15.7 Å². The van der Waals surface area contributed by atoms with Crippen molar-refractivity contribution >= 4 is 29.1 Å². The number of hydrogen-bond donors (Lipinski definition) is 3. The summed E-state index contributed by atoms with van der Waals surface area (Å²) in [4.78, 5) is 26.9. The third-order valence-corrected chi connectivity index (χ3v) is 6.10. The predicted molar refractivity (Wildman–Crippen MR) is 127 cm³/mol. The van der Waals surface area contributed by atoms with Gasteiger partial charge < -0.3 is 20.6 Å². The molecule has 0 unspecified atom stereocenters. The normalized spacial score (nSPS) is 14.2. The van der Waals surface area contributed by atoms with Crippen molar-refractivity contribution in [2.75, 3.05) is 25.0 Å². The highest BCUT2D eigenvalue weighted by Gasteiger charge is 2.24. The number of anilines is 1. The zero-order valence-corrected chi connectivity index (χ0v) is 19.0. The molecule has 1 aliphatic rings. The number of aromatic nitrogens is 2. The van der Waals surface area contributed by atoms with Gasteiger partial charge >= 0.3 is 0 Å². The molecule has 0 atom stereocenters. The number of rotatable bonds is 6. The number of nitrogens with one attached hydrogen (secondary N) is 2. The van der Waals surface area contributed by atoms with Crippen LogP contribution in [0.15, 0.2) is 54.6 Å². The molecule has 2 heterocycles. The van der Waals surface area contributed by atoms with Crippen LogP contribution in [0, 0.1) is 0 Å². The fourth-order valence-corrected chi connectivity index (χ4v) is 4.14. The molecule has 1 aromatic heterocycles. The quantitative estimate of drug-likeness (QED) is 0.516. The third-order valence-electron chi connectivity index (χ3n) is 5.77. The van der Waals surface area contributed by atoms with Gasteiger partial charge in [0.15, 0.2) is 5.69 Å². The van der Waals surface area contributed by atoms with Gasteiger partial charge in [0.2, 0.25) is 5.91 Å². The van der Waals surface area contributed by atoms with E-state index < -0.39 is 5.91 Å². The second kappa shape index (κ2) is 9.95. The van der Waals surface area contributed by atoms with E-state index in [4.69, 9.17) is 11.6 Å². The van der Waals surface area contributed by atoms with E-state index in [0.717, 1.165) is 18.5 Å². The Morgan fingerprint density at radius 3 is 2.55 bits per heavy atom. The van der Waals surface area contributed by atoms with Crippen LogP contribution in [0.1, 0.15) is 23.3 Å². The van der Waals surface area contributed by atoms with Crippen LogP contribution >= 0.6 is 11.6 Å². The number of benzene rings is 2. The Morgan fingerprint density at radius 2 is 1.82 bits per heavy atom. The lowest BCUT2D eigenvalue weighted by Crippen LogP contribution is -2.46. The van der Waals surface area contributed by atoms with Gasteiger partial charge in [0, 0.05) is 31.7 Å². The Kier molecular flexibility index (Phi) is 6.84. The van der Waals surface area contributed by atoms with Gasteiger partial charge in [-0.05, 0) is 43.2 Å². The Labute approximate surface area is 197 Å². The summed E-state index contributed by atoms with van der Waals surface area (Å²) in [5, 5.41) is 21.1. The number of halogens is 1. The van der Waals surface area contributed by atoms with E-state index in [1.165, 1.54) is 4.68 Å². The van der Waals surface area contributed by atoms with Gasteiger partial charge in [-0.3, -0.25) is 14.3 Å². The van der Waals surface area contributed by atoms with Crippen LogP contribution in [0.3, 0.4) is 0 Å². The van der Waals surface area contributed by atoms with Crippen LogP contribution in [0.4, 0.5) is 5.69 Å². The number of phenolic OH excluding ortho intramolecular Hbond substituents is 1. The molecule has 3 N–H and O–H groups in total. The van der Waals surface area contributed by atoms with Crippen LogP contribution in [0.2, 0.25) is 5.02 Å². The van der Waals surface area contributed by atoms with Crippen molar-refractivity contribution in [2.24, 2.45) is 7.05 Å². The first-order valence-electron chi connectivity index (χ1n) is 10.8. The van der Waals surface area contributed by atoms with Crippen molar-refractivity contribution < 1.29 is 14.7 Å². The Morgan fingerprint density at radius 1 is 1.12 bits per heavy atom. The summed E-state index contributed by atoms with van der Waals surface area (Å²) in [7, 11) is 1.70. The van der Waals surface area contributed by atoms with Gasteiger partial charge in [-0.15, -0.1) is 0 Å². The predicted octanol–water partition coefficient (Wildman–Crippen LogP) is 3.28. The van der Waals surface area contributed by atoms with Crippen LogP contribution < -0.4 is 10.6 Å². The van der Waals surface area contributed by atoms with Crippen molar-refractivity contribution in [3.05, 3.63) is 65.3 Å². The van der Waals surface area contributed by atoms with Crippen molar-refractivity contribution in [3.63, 3.8) is 0 Å². The van der Waals surface area contributed by atoms with Crippen molar-refractivity contribution in [2.45, 2.75) is 18.9 Å². The van der Waals surface area contributed by atoms with Crippen LogP contribution in [-0.2, 0) is 11.8 Å². The van der Waals surface area contributed by atoms with Crippen LogP contribution in [-0.4, -0.2) is 57.3 Å². The first-order chi connectivity index (χ1) is 15.9. The summed E-state index contributed by atoms with van der Waals surface area (Å²) in [6.07, 6.45) is 1.60. The standard InChI is InChI=1S/C24H26ClN5O3/c1-29-21(17-6-2-5-9-22(17)31)14-20(28-29)24(33)26-15-23(32)30-12-10-16(11-13-30)27-19-8-4-3-7-18(19)25/h2-9,14,16,27,31H,10-13,15H2,1H3,(H,26,33). The zero-order chi connectivity index (χ0) is 23.4. The Bertz CT molecular complexity index is 1150. The molecule has 33 heavy (non-hydrogen) atoms. The van der Waals surface area contributed by atoms with Crippen molar-refractivity contribution in [1.29, 1.82) is 0 Å². The SMILES string of the molecule is Cn1nc(C(=O)NCC(=O)N2CCC(Nc3ccccc3Cl)CC2)cc1-c1ccccc1O. The van der Waals surface area contributed by atoms with E-state index in [0.29, 0.717) is 29.4 Å². The lowest BCUT2D eigenvalue weighted by molar-refractivity contribution is -0.131. The summed E-state index contributed by atoms with van der Waals surface area (Å²) < 4.78 is 1.53. The average Bonchev–Trinajstić information content (AvgIpc) is 3.21. The van der Waals surface area contributed by atoms with E-state index in [-0.39, 0.29) is 29.9 Å². The molecule has 0 saturated carbocycles. The summed E-state index contributed by atoms with van der Waals surface area (Å²) in [5.74, 6) is -0.456. The molecular weight excluding hydrogens is 442 g/mol. The summed E-state index contributed by atoms with van der Waals surface area (Å²) in [6, 6.07) is 16.3. The molecule has 2 aromatic carbocycles. The van der Waals surface area contributed by atoms with Gasteiger partial charge in [-0.2, -0.15) is 5.10 Å². The maximum Gasteiger partial charge on any atom is 0.272 e. The van der Waals surface area contributed by atoms with Crippen LogP contribution in [0.5, 0.6) is 5.75 Å². The van der Waals surface area contributed by atoms with Gasteiger partial charge in [-0.1, -0.05) is 35.9 Å². The maximum atomic E-state index is 12.6. The number of phenols is 1. The number of likely N-dealkylation sites (tertiary alicyclic amines) is 1. The average molecular weight is 468 g/mol. The summed E-state index contributed by atoms with van der Waals surface area (Å²) in [6.45, 7) is 1.12. The van der Waals surface area contributed by atoms with E-state index in [9.17, 15) is 14.7 Å². The molecule has 1 aliphatic heterocycles. The Balaban J connectivity index is 1.28. The largest absolute Gasteiger partial charge is 0.507 e. The highest BCUT2D eigenvalue weighted by atomic mass is 35.5. The summed E-state index contributed by atoms with van der Waals surface area (Å²) in [5.41, 5.74) is 2.27. The number of carbonyl (C=O) groups is 2. The number of para-hydroxylation sites is 2. The molecule has 4 rings (SSSR count). The number of carbonyl (C=O) groups excluding carboxylic acids is 2. The Hall–Kier alpha value is -3.52. The first kappa shape index (κ1) is 22.7. The van der Waals surface area contributed by atoms with Gasteiger partial charge in [0.1, 0.15) is 5.75 Å². The van der Waals surface area contributed by atoms with Crippen LogP contribution in [0.25, 0.3) is 11.3 Å². The lowest BCUT2D eigenvalue weighted by Gasteiger charge is -2.33. The minimum Gasteiger partial charge on any atom is -0.507 e. The number of nitrogens with zero attached hydrogens (tertiary/aromatic N) is 3. The molecule has 1 saturated heterocycles. The molecule has 0 aliphatic carbocycles. The number of hydrogen-bond acceptors (Lipinski definition) is 5. The molecule has 3 aromatic rings. The van der Waals surface area contributed by atoms with Gasteiger partial charge in [-0.25, -0.2) is 0 Å². The first-order valence-corrected chi connectivity index (χ1v) is 11.2. The fraction of sp³-hybridized carbons (Fsp3) is 0.292. The molecule has 8 nitrogen and oxygen atoms in total. The second-order valence-electron chi connectivity index (χ2n) is 8.02. The van der Waals surface area contributed by atoms with Crippen molar-refractivity contribution in [1.82, 2.24) is 20.0 Å². The second-order valence-corrected chi connectivity index (χ2v) is 8.42. The van der Waals surface area contributed by atoms with Gasteiger partial charge in [0.25, 0.3) is 5.91 Å². The monoisotopic (exact) mass is 467 g/mol. The molecule has 0 spiro atoms. The topological polar surface area (TPSA) is 99.5 Å². The van der Waals surface area contributed by atoms with E-state index in [1.54, 1.807) is 42.3 Å². The van der Waals surface area contributed by atoms with Crippen molar-refractivity contribution in [3.8, 4) is 17.0 Å². The number of piperidine rings is 1. The number of aromatic hydroxyl groups is 1. The highest BCUT2D eigenvalue weighted by Crippen LogP contribution is 2.28.